The molecule has 1 aliphatic carbocycles. The molecule has 2 aromatic rings. The van der Waals surface area contributed by atoms with E-state index in [1.165, 1.54) is 11.1 Å². The van der Waals surface area contributed by atoms with Gasteiger partial charge in [-0.2, -0.15) is 8.42 Å². The van der Waals surface area contributed by atoms with Crippen LogP contribution >= 0.6 is 0 Å². The first-order valence-electron chi connectivity index (χ1n) is 10.4. The van der Waals surface area contributed by atoms with Crippen molar-refractivity contribution < 1.29 is 22.1 Å². The lowest BCUT2D eigenvalue weighted by Gasteiger charge is -2.35. The fourth-order valence-electron chi connectivity index (χ4n) is 4.49. The molecule has 3 atom stereocenters. The molecule has 2 aromatic carbocycles. The molecule has 0 amide bonds. The maximum absolute atomic E-state index is 12.6. The number of ether oxygens (including phenoxy) is 2. The van der Waals surface area contributed by atoms with Gasteiger partial charge in [0.2, 0.25) is 0 Å². The standard InChI is InChI=1S/C24H32O5S/c1-15-7-10-19(11-8-15)30(25,26)29-14-18(4)20-12-9-16(2)22-21(20)13-17(3)23(27-5)24(22)28-6/h7-8,10-11,13,16,18,20H,9,12,14H2,1-6H3/t16-,18+,20-/m0/s1. The molecule has 30 heavy (non-hydrogen) atoms. The summed E-state index contributed by atoms with van der Waals surface area (Å²) in [6.45, 7) is 8.34. The van der Waals surface area contributed by atoms with E-state index in [0.717, 1.165) is 35.5 Å². The van der Waals surface area contributed by atoms with Gasteiger partial charge in [-0.05, 0) is 67.7 Å². The number of fused-ring (bicyclic) bond motifs is 1. The van der Waals surface area contributed by atoms with Crippen molar-refractivity contribution in [3.05, 3.63) is 52.6 Å². The van der Waals surface area contributed by atoms with Crippen molar-refractivity contribution in [1.82, 2.24) is 0 Å². The van der Waals surface area contributed by atoms with Crippen LogP contribution in [0.5, 0.6) is 11.5 Å². The van der Waals surface area contributed by atoms with Gasteiger partial charge in [-0.25, -0.2) is 0 Å². The van der Waals surface area contributed by atoms with E-state index in [9.17, 15) is 8.42 Å². The molecule has 3 rings (SSSR count). The summed E-state index contributed by atoms with van der Waals surface area (Å²) in [5.74, 6) is 2.15. The summed E-state index contributed by atoms with van der Waals surface area (Å²) >= 11 is 0. The van der Waals surface area contributed by atoms with Crippen molar-refractivity contribution in [2.24, 2.45) is 5.92 Å². The largest absolute Gasteiger partial charge is 0.493 e. The van der Waals surface area contributed by atoms with Crippen LogP contribution in [0.4, 0.5) is 0 Å². The molecule has 0 radical (unpaired) electrons. The van der Waals surface area contributed by atoms with Gasteiger partial charge >= 0.3 is 0 Å². The second kappa shape index (κ2) is 8.98. The summed E-state index contributed by atoms with van der Waals surface area (Å²) in [7, 11) is -0.439. The van der Waals surface area contributed by atoms with Crippen molar-refractivity contribution in [2.45, 2.75) is 57.3 Å². The Morgan fingerprint density at radius 1 is 1.03 bits per heavy atom. The molecule has 0 N–H and O–H groups in total. The minimum atomic E-state index is -3.78. The Balaban J connectivity index is 1.86. The molecule has 6 heteroatoms. The summed E-state index contributed by atoms with van der Waals surface area (Å²) in [5.41, 5.74) is 4.42. The van der Waals surface area contributed by atoms with Gasteiger partial charge in [-0.3, -0.25) is 4.18 Å². The van der Waals surface area contributed by atoms with E-state index in [0.29, 0.717) is 5.92 Å². The first-order chi connectivity index (χ1) is 14.2. The number of hydrogen-bond acceptors (Lipinski definition) is 5. The van der Waals surface area contributed by atoms with Gasteiger partial charge in [0.1, 0.15) is 0 Å². The Kier molecular flexibility index (Phi) is 6.78. The van der Waals surface area contributed by atoms with Gasteiger partial charge in [-0.1, -0.05) is 37.6 Å². The Hall–Kier alpha value is -2.05. The fraction of sp³-hybridized carbons (Fsp3) is 0.500. The second-order valence-corrected chi connectivity index (χ2v) is 9.99. The Labute approximate surface area is 180 Å². The first-order valence-corrected chi connectivity index (χ1v) is 11.8. The molecule has 0 unspecified atom stereocenters. The zero-order chi connectivity index (χ0) is 22.1. The van der Waals surface area contributed by atoms with Crippen LogP contribution in [0.1, 0.15) is 60.8 Å². The zero-order valence-corrected chi connectivity index (χ0v) is 19.5. The topological polar surface area (TPSA) is 61.8 Å². The van der Waals surface area contributed by atoms with Crippen LogP contribution in [0, 0.1) is 19.8 Å². The van der Waals surface area contributed by atoms with Crippen LogP contribution in [0.3, 0.4) is 0 Å². The van der Waals surface area contributed by atoms with Gasteiger partial charge < -0.3 is 9.47 Å². The molecule has 0 saturated carbocycles. The number of methoxy groups -OCH3 is 2. The van der Waals surface area contributed by atoms with E-state index in [1.807, 2.05) is 13.8 Å². The summed E-state index contributed by atoms with van der Waals surface area (Å²) < 4.78 is 42.0. The maximum atomic E-state index is 12.6. The van der Waals surface area contributed by atoms with Crippen molar-refractivity contribution in [3.8, 4) is 11.5 Å². The van der Waals surface area contributed by atoms with Crippen molar-refractivity contribution in [3.63, 3.8) is 0 Å². The molecule has 164 valence electrons. The Morgan fingerprint density at radius 2 is 1.67 bits per heavy atom. The van der Waals surface area contributed by atoms with E-state index in [1.54, 1.807) is 38.5 Å². The molecule has 0 bridgehead atoms. The smallest absolute Gasteiger partial charge is 0.296 e. The fourth-order valence-corrected chi connectivity index (χ4v) is 5.49. The maximum Gasteiger partial charge on any atom is 0.296 e. The number of rotatable bonds is 7. The van der Waals surface area contributed by atoms with Gasteiger partial charge in [0.05, 0.1) is 25.7 Å². The Bertz CT molecular complexity index is 995. The summed E-state index contributed by atoms with van der Waals surface area (Å²) in [6.07, 6.45) is 1.99. The van der Waals surface area contributed by atoms with E-state index in [4.69, 9.17) is 13.7 Å². The van der Waals surface area contributed by atoms with Crippen LogP contribution in [-0.2, 0) is 14.3 Å². The van der Waals surface area contributed by atoms with Crippen LogP contribution in [0.15, 0.2) is 35.2 Å². The molecule has 0 saturated heterocycles. The molecule has 0 aromatic heterocycles. The lowest BCUT2D eigenvalue weighted by molar-refractivity contribution is 0.229. The van der Waals surface area contributed by atoms with Crippen LogP contribution in [0.2, 0.25) is 0 Å². The van der Waals surface area contributed by atoms with Gasteiger partial charge in [-0.15, -0.1) is 0 Å². The average Bonchev–Trinajstić information content (AvgIpc) is 2.71. The molecule has 5 nitrogen and oxygen atoms in total. The van der Waals surface area contributed by atoms with Crippen LogP contribution < -0.4 is 9.47 Å². The minimum Gasteiger partial charge on any atom is -0.493 e. The van der Waals surface area contributed by atoms with Crippen LogP contribution in [0.25, 0.3) is 0 Å². The predicted molar refractivity (Wildman–Crippen MR) is 118 cm³/mol. The lowest BCUT2D eigenvalue weighted by atomic mass is 9.72. The van der Waals surface area contributed by atoms with E-state index in [2.05, 4.69) is 19.9 Å². The highest BCUT2D eigenvalue weighted by molar-refractivity contribution is 7.86. The number of benzene rings is 2. The third-order valence-electron chi connectivity index (χ3n) is 6.19. The number of hydrogen-bond donors (Lipinski definition) is 0. The second-order valence-electron chi connectivity index (χ2n) is 8.38. The van der Waals surface area contributed by atoms with Gasteiger partial charge in [0.15, 0.2) is 11.5 Å². The van der Waals surface area contributed by atoms with E-state index < -0.39 is 10.1 Å². The predicted octanol–water partition coefficient (Wildman–Crippen LogP) is 5.34. The summed E-state index contributed by atoms with van der Waals surface area (Å²) in [6, 6.07) is 8.91. The van der Waals surface area contributed by atoms with Crippen molar-refractivity contribution in [1.29, 1.82) is 0 Å². The molecule has 0 spiro atoms. The summed E-state index contributed by atoms with van der Waals surface area (Å²) in [5, 5.41) is 0. The first kappa shape index (κ1) is 22.6. The normalized spacial score (nSPS) is 19.8. The summed E-state index contributed by atoms with van der Waals surface area (Å²) in [4.78, 5) is 0.195. The SMILES string of the molecule is COc1c(C)cc2c(c1OC)[C@@H](C)CC[C@H]2[C@H](C)COS(=O)(=O)c1ccc(C)cc1. The van der Waals surface area contributed by atoms with Gasteiger partial charge in [0, 0.05) is 5.56 Å². The van der Waals surface area contributed by atoms with Crippen molar-refractivity contribution in [2.75, 3.05) is 20.8 Å². The van der Waals surface area contributed by atoms with Crippen LogP contribution in [-0.4, -0.2) is 29.2 Å². The molecular weight excluding hydrogens is 400 g/mol. The average molecular weight is 433 g/mol. The quantitative estimate of drug-likeness (QED) is 0.553. The third-order valence-corrected chi connectivity index (χ3v) is 7.48. The highest BCUT2D eigenvalue weighted by Crippen LogP contribution is 2.50. The molecule has 0 aliphatic heterocycles. The highest BCUT2D eigenvalue weighted by atomic mass is 32.2. The highest BCUT2D eigenvalue weighted by Gasteiger charge is 2.34. The molecule has 0 heterocycles. The molecule has 0 fully saturated rings. The Morgan fingerprint density at radius 3 is 2.27 bits per heavy atom. The molecule has 1 aliphatic rings. The third kappa shape index (κ3) is 4.35. The zero-order valence-electron chi connectivity index (χ0n) is 18.7. The molecular formula is C24H32O5S. The van der Waals surface area contributed by atoms with E-state index >= 15 is 0 Å². The van der Waals surface area contributed by atoms with E-state index in [-0.39, 0.29) is 23.3 Å². The number of aryl methyl sites for hydroxylation is 2. The van der Waals surface area contributed by atoms with Gasteiger partial charge in [0.25, 0.3) is 10.1 Å². The van der Waals surface area contributed by atoms with Crippen molar-refractivity contribution >= 4 is 10.1 Å². The lowest BCUT2D eigenvalue weighted by Crippen LogP contribution is -2.24. The minimum absolute atomic E-state index is 0.0361. The monoisotopic (exact) mass is 432 g/mol.